The monoisotopic (exact) mass is 283 g/mol. The third kappa shape index (κ3) is 2.40. The van der Waals surface area contributed by atoms with Crippen molar-refractivity contribution in [2.45, 2.75) is 6.61 Å². The maximum Gasteiger partial charge on any atom is 0.124 e. The van der Waals surface area contributed by atoms with Crippen molar-refractivity contribution in [2.24, 2.45) is 0 Å². The van der Waals surface area contributed by atoms with Crippen molar-refractivity contribution in [2.75, 3.05) is 19.0 Å². The maximum atomic E-state index is 9.18. The number of nitrogens with zero attached hydrogens (tertiary/aromatic N) is 2. The normalized spacial score (nSPS) is 10.9. The summed E-state index contributed by atoms with van der Waals surface area (Å²) in [5.41, 5.74) is 4.22. The molecule has 0 atom stereocenters. The summed E-state index contributed by atoms with van der Waals surface area (Å²) in [6.45, 7) is 0.0701. The van der Waals surface area contributed by atoms with Crippen LogP contribution in [0.15, 0.2) is 42.5 Å². The lowest BCUT2D eigenvalue weighted by Gasteiger charge is -2.11. The predicted octanol–water partition coefficient (Wildman–Crippen LogP) is 3.52. The van der Waals surface area contributed by atoms with Gasteiger partial charge in [-0.1, -0.05) is 6.07 Å². The Morgan fingerprint density at radius 1 is 1.10 bits per heavy atom. The Labute approximate surface area is 122 Å². The summed E-state index contributed by atoms with van der Waals surface area (Å²) in [7, 11) is 4.06. The molecule has 102 valence electrons. The average Bonchev–Trinajstić information content (AvgIpc) is 2.90. The first-order chi connectivity index (χ1) is 9.67. The summed E-state index contributed by atoms with van der Waals surface area (Å²) in [5.74, 6) is 0. The van der Waals surface area contributed by atoms with Crippen LogP contribution >= 0.6 is 11.3 Å². The minimum Gasteiger partial charge on any atom is -0.392 e. The third-order valence-electron chi connectivity index (χ3n) is 3.27. The highest BCUT2D eigenvalue weighted by atomic mass is 32.1. The second-order valence-corrected chi connectivity index (χ2v) is 5.95. The molecular weight excluding hydrogens is 267 g/mol. The molecule has 3 nitrogen and oxygen atoms in total. The number of thiazole rings is 1. The van der Waals surface area contributed by atoms with Crippen molar-refractivity contribution >= 4 is 27.2 Å². The van der Waals surface area contributed by atoms with Gasteiger partial charge in [0.05, 0.1) is 16.8 Å². The molecule has 0 spiro atoms. The molecule has 4 heteroatoms. The summed E-state index contributed by atoms with van der Waals surface area (Å²) in [6.07, 6.45) is 0. The van der Waals surface area contributed by atoms with Gasteiger partial charge in [-0.05, 0) is 42.0 Å². The standard InChI is InChI=1S/C16H16N2OS/c1-18(2)13-6-4-12(5-7-13)16-17-14-8-3-11(10-19)9-15(14)20-16/h3-9,19H,10H2,1-2H3/i1-1. The van der Waals surface area contributed by atoms with Crippen LogP contribution in [0.25, 0.3) is 20.8 Å². The molecule has 0 radical (unpaired) electrons. The van der Waals surface area contributed by atoms with Crippen molar-refractivity contribution in [3.8, 4) is 10.6 Å². The van der Waals surface area contributed by atoms with Crippen molar-refractivity contribution in [1.82, 2.24) is 4.98 Å². The van der Waals surface area contributed by atoms with Gasteiger partial charge >= 0.3 is 0 Å². The van der Waals surface area contributed by atoms with Crippen LogP contribution in [-0.4, -0.2) is 24.2 Å². The zero-order valence-corrected chi connectivity index (χ0v) is 12.3. The van der Waals surface area contributed by atoms with E-state index in [-0.39, 0.29) is 6.61 Å². The van der Waals surface area contributed by atoms with E-state index in [1.165, 1.54) is 5.69 Å². The molecule has 0 aliphatic carbocycles. The first kappa shape index (κ1) is 13.1. The summed E-state index contributed by atoms with van der Waals surface area (Å²) in [5, 5.41) is 10.2. The van der Waals surface area contributed by atoms with Crippen LogP contribution in [0.1, 0.15) is 5.56 Å². The number of benzene rings is 2. The molecule has 0 fully saturated rings. The first-order valence-electron chi connectivity index (χ1n) is 6.45. The lowest BCUT2D eigenvalue weighted by atomic mass is 10.2. The minimum absolute atomic E-state index is 0.0701. The van der Waals surface area contributed by atoms with Crippen LogP contribution < -0.4 is 4.90 Å². The van der Waals surface area contributed by atoms with Gasteiger partial charge in [0.2, 0.25) is 0 Å². The zero-order chi connectivity index (χ0) is 14.1. The Morgan fingerprint density at radius 3 is 2.50 bits per heavy atom. The number of aliphatic hydroxyl groups is 1. The Hall–Kier alpha value is -1.91. The second kappa shape index (κ2) is 5.23. The first-order valence-corrected chi connectivity index (χ1v) is 7.27. The predicted molar refractivity (Wildman–Crippen MR) is 85.3 cm³/mol. The smallest absolute Gasteiger partial charge is 0.124 e. The molecule has 20 heavy (non-hydrogen) atoms. The molecule has 0 saturated heterocycles. The lowest BCUT2D eigenvalue weighted by Crippen LogP contribution is -2.07. The fraction of sp³-hybridized carbons (Fsp3) is 0.188. The second-order valence-electron chi connectivity index (χ2n) is 4.92. The van der Waals surface area contributed by atoms with Gasteiger partial charge in [-0.15, -0.1) is 11.3 Å². The summed E-state index contributed by atoms with van der Waals surface area (Å²) < 4.78 is 1.11. The van der Waals surface area contributed by atoms with E-state index < -0.39 is 0 Å². The lowest BCUT2D eigenvalue weighted by molar-refractivity contribution is 0.282. The van der Waals surface area contributed by atoms with Crippen molar-refractivity contribution in [3.63, 3.8) is 0 Å². The van der Waals surface area contributed by atoms with Gasteiger partial charge in [-0.2, -0.15) is 0 Å². The quantitative estimate of drug-likeness (QED) is 0.799. The van der Waals surface area contributed by atoms with Gasteiger partial charge in [0.15, 0.2) is 0 Å². The molecule has 0 unspecified atom stereocenters. The SMILES string of the molecule is CN([11CH3])c1ccc(-c2nc3ccc(CO)cc3s2)cc1. The number of hydrogen-bond donors (Lipinski definition) is 1. The molecule has 0 saturated carbocycles. The fourth-order valence-corrected chi connectivity index (χ4v) is 3.13. The molecule has 3 aromatic rings. The number of aliphatic hydroxyl groups excluding tert-OH is 1. The highest BCUT2D eigenvalue weighted by molar-refractivity contribution is 7.21. The van der Waals surface area contributed by atoms with Crippen LogP contribution in [0.3, 0.4) is 0 Å². The van der Waals surface area contributed by atoms with Crippen LogP contribution in [0.2, 0.25) is 0 Å². The number of fused-ring (bicyclic) bond motifs is 1. The van der Waals surface area contributed by atoms with Crippen molar-refractivity contribution < 1.29 is 5.11 Å². The molecule has 2 aromatic carbocycles. The van der Waals surface area contributed by atoms with Gasteiger partial charge in [-0.25, -0.2) is 4.98 Å². The van der Waals surface area contributed by atoms with E-state index in [2.05, 4.69) is 34.1 Å². The number of anilines is 1. The van der Waals surface area contributed by atoms with E-state index in [4.69, 9.17) is 0 Å². The largest absolute Gasteiger partial charge is 0.392 e. The van der Waals surface area contributed by atoms with Crippen LogP contribution in [0.5, 0.6) is 0 Å². The molecule has 0 aliphatic heterocycles. The number of rotatable bonds is 3. The zero-order valence-electron chi connectivity index (χ0n) is 11.5. The molecule has 1 aromatic heterocycles. The third-order valence-corrected chi connectivity index (χ3v) is 4.33. The molecular formula is C16H16N2OS. The van der Waals surface area contributed by atoms with E-state index in [0.717, 1.165) is 26.4 Å². The van der Waals surface area contributed by atoms with Crippen LogP contribution in [0.4, 0.5) is 5.69 Å². The van der Waals surface area contributed by atoms with Gasteiger partial charge in [0.25, 0.3) is 0 Å². The van der Waals surface area contributed by atoms with E-state index in [9.17, 15) is 5.11 Å². The number of aromatic nitrogens is 1. The van der Waals surface area contributed by atoms with Gasteiger partial charge < -0.3 is 10.0 Å². The van der Waals surface area contributed by atoms with E-state index in [1.807, 2.05) is 32.3 Å². The molecule has 0 amide bonds. The topological polar surface area (TPSA) is 36.4 Å². The van der Waals surface area contributed by atoms with Crippen LogP contribution in [0, 0.1) is 0 Å². The molecule has 0 aliphatic rings. The minimum atomic E-state index is 0.0701. The average molecular weight is 283 g/mol. The van der Waals surface area contributed by atoms with E-state index >= 15 is 0 Å². The van der Waals surface area contributed by atoms with E-state index in [0.29, 0.717) is 0 Å². The number of hydrogen-bond acceptors (Lipinski definition) is 4. The maximum absolute atomic E-state index is 9.18. The van der Waals surface area contributed by atoms with E-state index in [1.54, 1.807) is 11.3 Å². The van der Waals surface area contributed by atoms with Crippen molar-refractivity contribution in [3.05, 3.63) is 48.0 Å². The molecule has 1 heterocycles. The summed E-state index contributed by atoms with van der Waals surface area (Å²) in [4.78, 5) is 6.74. The van der Waals surface area contributed by atoms with Gasteiger partial charge in [-0.3, -0.25) is 0 Å². The Bertz CT molecular complexity index is 732. The van der Waals surface area contributed by atoms with Crippen molar-refractivity contribution in [1.29, 1.82) is 0 Å². The van der Waals surface area contributed by atoms with Gasteiger partial charge in [0.1, 0.15) is 5.01 Å². The summed E-state index contributed by atoms with van der Waals surface area (Å²) in [6, 6.07) is 14.3. The van der Waals surface area contributed by atoms with Crippen LogP contribution in [-0.2, 0) is 6.61 Å². The Kier molecular flexibility index (Phi) is 3.42. The molecule has 1 N–H and O–H groups in total. The Morgan fingerprint density at radius 2 is 1.85 bits per heavy atom. The van der Waals surface area contributed by atoms with Gasteiger partial charge in [0, 0.05) is 25.3 Å². The Balaban J connectivity index is 2.01. The summed E-state index contributed by atoms with van der Waals surface area (Å²) >= 11 is 1.66. The highest BCUT2D eigenvalue weighted by Crippen LogP contribution is 2.31. The fourth-order valence-electron chi connectivity index (χ4n) is 2.09. The highest BCUT2D eigenvalue weighted by Gasteiger charge is 2.07. The molecule has 3 rings (SSSR count). The molecule has 0 bridgehead atoms.